The second-order valence-corrected chi connectivity index (χ2v) is 8.69. The van der Waals surface area contributed by atoms with E-state index in [1.54, 1.807) is 19.5 Å². The zero-order valence-electron chi connectivity index (χ0n) is 18.9. The number of benzene rings is 1. The maximum absolute atomic E-state index is 11.5. The van der Waals surface area contributed by atoms with Gasteiger partial charge in [-0.05, 0) is 49.6 Å². The van der Waals surface area contributed by atoms with E-state index in [1.165, 1.54) is 0 Å². The lowest BCUT2D eigenvalue weighted by molar-refractivity contribution is -0.128. The average molecular weight is 452 g/mol. The maximum atomic E-state index is 11.5. The highest BCUT2D eigenvalue weighted by Crippen LogP contribution is 2.37. The molecule has 8 heteroatoms. The lowest BCUT2D eigenvalue weighted by Crippen LogP contribution is -2.47. The van der Waals surface area contributed by atoms with Crippen LogP contribution in [-0.4, -0.2) is 54.2 Å². The highest BCUT2D eigenvalue weighted by Gasteiger charge is 2.38. The van der Waals surface area contributed by atoms with Crippen molar-refractivity contribution in [2.24, 2.45) is 0 Å². The van der Waals surface area contributed by atoms with Crippen molar-refractivity contribution in [2.75, 3.05) is 26.9 Å². The molecule has 0 amide bonds. The Balaban J connectivity index is 1.23. The van der Waals surface area contributed by atoms with E-state index in [4.69, 9.17) is 18.9 Å². The van der Waals surface area contributed by atoms with Crippen LogP contribution in [0, 0.1) is 0 Å². The number of nitrogens with zero attached hydrogens (tertiary/aromatic N) is 2. The van der Waals surface area contributed by atoms with Gasteiger partial charge in [0.2, 0.25) is 0 Å². The Labute approximate surface area is 192 Å². The van der Waals surface area contributed by atoms with E-state index in [0.717, 1.165) is 46.5 Å². The van der Waals surface area contributed by atoms with Crippen LogP contribution in [0.25, 0.3) is 10.9 Å². The van der Waals surface area contributed by atoms with Gasteiger partial charge in [0, 0.05) is 30.2 Å². The quantitative estimate of drug-likeness (QED) is 0.591. The van der Waals surface area contributed by atoms with Gasteiger partial charge in [0.25, 0.3) is 0 Å². The van der Waals surface area contributed by atoms with Crippen LogP contribution in [0.2, 0.25) is 0 Å². The number of hydrogen-bond acceptors (Lipinski definition) is 8. The number of aliphatic hydroxyl groups is 1. The first-order chi connectivity index (χ1) is 16.0. The van der Waals surface area contributed by atoms with E-state index in [1.807, 2.05) is 37.3 Å². The van der Waals surface area contributed by atoms with Crippen LogP contribution >= 0.6 is 0 Å². The molecule has 1 fully saturated rings. The van der Waals surface area contributed by atoms with Crippen molar-refractivity contribution in [2.45, 2.75) is 44.1 Å². The maximum Gasteiger partial charge on any atom is 0.179 e. The van der Waals surface area contributed by atoms with Crippen molar-refractivity contribution < 1.29 is 24.1 Å². The van der Waals surface area contributed by atoms with E-state index < -0.39 is 5.60 Å². The predicted octanol–water partition coefficient (Wildman–Crippen LogP) is 2.95. The third-order valence-electron chi connectivity index (χ3n) is 6.46. The molecule has 3 aromatic rings. The second-order valence-electron chi connectivity index (χ2n) is 8.69. The molecule has 4 heterocycles. The number of hydrogen-bond donors (Lipinski definition) is 2. The van der Waals surface area contributed by atoms with Gasteiger partial charge in [0.15, 0.2) is 11.5 Å². The Bertz CT molecular complexity index is 1130. The average Bonchev–Trinajstić information content (AvgIpc) is 2.86. The Morgan fingerprint density at radius 2 is 1.97 bits per heavy atom. The first kappa shape index (κ1) is 21.9. The summed E-state index contributed by atoms with van der Waals surface area (Å²) in [6.45, 7) is 4.05. The van der Waals surface area contributed by atoms with Gasteiger partial charge in [-0.3, -0.25) is 9.97 Å². The first-order valence-corrected chi connectivity index (χ1v) is 11.3. The van der Waals surface area contributed by atoms with Crippen LogP contribution in [0.5, 0.6) is 17.2 Å². The van der Waals surface area contributed by atoms with Crippen molar-refractivity contribution >= 4 is 10.9 Å². The molecule has 1 unspecified atom stereocenters. The number of aromatic nitrogens is 2. The summed E-state index contributed by atoms with van der Waals surface area (Å²) in [5.74, 6) is 2.16. The molecule has 1 saturated heterocycles. The summed E-state index contributed by atoms with van der Waals surface area (Å²) in [7, 11) is 1.63. The van der Waals surface area contributed by atoms with Gasteiger partial charge in [-0.25, -0.2) is 0 Å². The predicted molar refractivity (Wildman–Crippen MR) is 123 cm³/mol. The SMILES string of the molecule is COc1ccc2nccc(C(C)(O)[C@@H]3CC[C@@H](NCc4cc5c(cn4)OCCO5)CO3)c2c1. The molecule has 2 N–H and O–H groups in total. The van der Waals surface area contributed by atoms with E-state index in [9.17, 15) is 5.11 Å². The zero-order chi connectivity index (χ0) is 22.8. The Hall–Kier alpha value is -2.94. The lowest BCUT2D eigenvalue weighted by atomic mass is 9.84. The van der Waals surface area contributed by atoms with E-state index in [-0.39, 0.29) is 12.1 Å². The number of ether oxygens (including phenoxy) is 4. The van der Waals surface area contributed by atoms with Gasteiger partial charge in [0.05, 0.1) is 37.2 Å². The highest BCUT2D eigenvalue weighted by atomic mass is 16.6. The minimum absolute atomic E-state index is 0.182. The third kappa shape index (κ3) is 4.46. The molecule has 0 aliphatic carbocycles. The molecule has 2 aliphatic rings. The monoisotopic (exact) mass is 451 g/mol. The fourth-order valence-electron chi connectivity index (χ4n) is 4.56. The topological polar surface area (TPSA) is 95.0 Å². The third-order valence-corrected chi connectivity index (χ3v) is 6.46. The summed E-state index contributed by atoms with van der Waals surface area (Å²) in [5, 5.41) is 15.9. The summed E-state index contributed by atoms with van der Waals surface area (Å²) in [6, 6.07) is 9.66. The van der Waals surface area contributed by atoms with Crippen LogP contribution in [0.15, 0.2) is 42.7 Å². The van der Waals surface area contributed by atoms with E-state index in [2.05, 4.69) is 15.3 Å². The van der Waals surface area contributed by atoms with Crippen molar-refractivity contribution in [3.05, 3.63) is 54.0 Å². The molecule has 0 bridgehead atoms. The van der Waals surface area contributed by atoms with Gasteiger partial charge < -0.3 is 29.4 Å². The molecule has 0 saturated carbocycles. The normalized spacial score (nSPS) is 22.0. The fourth-order valence-corrected chi connectivity index (χ4v) is 4.56. The molecule has 3 atom stereocenters. The molecular weight excluding hydrogens is 422 g/mol. The summed E-state index contributed by atoms with van der Waals surface area (Å²) in [6.07, 6.45) is 4.74. The van der Waals surface area contributed by atoms with Crippen molar-refractivity contribution in [1.29, 1.82) is 0 Å². The Morgan fingerprint density at radius 3 is 2.76 bits per heavy atom. The van der Waals surface area contributed by atoms with Crippen LogP contribution in [0.3, 0.4) is 0 Å². The summed E-state index contributed by atoms with van der Waals surface area (Å²) >= 11 is 0. The lowest BCUT2D eigenvalue weighted by Gasteiger charge is -2.39. The molecule has 2 aliphatic heterocycles. The number of rotatable bonds is 6. The molecule has 0 spiro atoms. The molecule has 2 aromatic heterocycles. The van der Waals surface area contributed by atoms with Gasteiger partial charge in [-0.1, -0.05) is 0 Å². The van der Waals surface area contributed by atoms with Gasteiger partial charge in [0.1, 0.15) is 24.6 Å². The van der Waals surface area contributed by atoms with Crippen LogP contribution in [-0.2, 0) is 16.9 Å². The molecule has 5 rings (SSSR count). The second kappa shape index (κ2) is 9.13. The fraction of sp³-hybridized carbons (Fsp3) is 0.440. The summed E-state index contributed by atoms with van der Waals surface area (Å²) in [5.41, 5.74) is 1.35. The van der Waals surface area contributed by atoms with E-state index >= 15 is 0 Å². The van der Waals surface area contributed by atoms with Gasteiger partial charge in [-0.15, -0.1) is 0 Å². The highest BCUT2D eigenvalue weighted by molar-refractivity contribution is 5.84. The van der Waals surface area contributed by atoms with Crippen LogP contribution < -0.4 is 19.5 Å². The summed E-state index contributed by atoms with van der Waals surface area (Å²) in [4.78, 5) is 8.88. The van der Waals surface area contributed by atoms with Crippen molar-refractivity contribution in [3.8, 4) is 17.2 Å². The first-order valence-electron chi connectivity index (χ1n) is 11.3. The zero-order valence-corrected chi connectivity index (χ0v) is 18.9. The van der Waals surface area contributed by atoms with Crippen molar-refractivity contribution in [1.82, 2.24) is 15.3 Å². The van der Waals surface area contributed by atoms with Crippen molar-refractivity contribution in [3.63, 3.8) is 0 Å². The molecule has 174 valence electrons. The van der Waals surface area contributed by atoms with Gasteiger partial charge in [-0.2, -0.15) is 0 Å². The Morgan fingerprint density at radius 1 is 1.12 bits per heavy atom. The van der Waals surface area contributed by atoms with Crippen LogP contribution in [0.4, 0.5) is 0 Å². The molecule has 33 heavy (non-hydrogen) atoms. The number of nitrogens with one attached hydrogen (secondary N) is 1. The minimum Gasteiger partial charge on any atom is -0.497 e. The standard InChI is InChI=1S/C25H29N3O5/c1-25(29,20-7-8-26-21-5-4-18(30-2)12-19(20)21)24-6-3-16(15-33-24)27-13-17-11-22-23(14-28-17)32-10-9-31-22/h4-5,7-8,11-12,14,16,24,27,29H,3,6,9-10,13,15H2,1-2H3/t16-,24+,25?/m1/s1. The van der Waals surface area contributed by atoms with Crippen LogP contribution in [0.1, 0.15) is 31.0 Å². The molecule has 1 aromatic carbocycles. The molecule has 0 radical (unpaired) electrons. The summed E-state index contributed by atoms with van der Waals surface area (Å²) < 4.78 is 22.7. The number of pyridine rings is 2. The molecular formula is C25H29N3O5. The minimum atomic E-state index is -1.16. The number of methoxy groups -OCH3 is 1. The largest absolute Gasteiger partial charge is 0.497 e. The van der Waals surface area contributed by atoms with Gasteiger partial charge >= 0.3 is 0 Å². The number of fused-ring (bicyclic) bond motifs is 2. The van der Waals surface area contributed by atoms with E-state index in [0.29, 0.717) is 32.1 Å². The Kier molecular flexibility index (Phi) is 6.05. The molecule has 8 nitrogen and oxygen atoms in total. The smallest absolute Gasteiger partial charge is 0.179 e.